The Morgan fingerprint density at radius 1 is 1.40 bits per heavy atom. The van der Waals surface area contributed by atoms with Crippen LogP contribution in [0.25, 0.3) is 0 Å². The van der Waals surface area contributed by atoms with Gasteiger partial charge in [0.05, 0.1) is 13.2 Å². The van der Waals surface area contributed by atoms with Crippen LogP contribution in [0.3, 0.4) is 0 Å². The van der Waals surface area contributed by atoms with Gasteiger partial charge >= 0.3 is 0 Å². The Labute approximate surface area is 89.2 Å². The predicted molar refractivity (Wildman–Crippen MR) is 56.6 cm³/mol. The van der Waals surface area contributed by atoms with Crippen LogP contribution in [0.1, 0.15) is 11.7 Å². The molecule has 1 N–H and O–H groups in total. The van der Waals surface area contributed by atoms with E-state index >= 15 is 0 Å². The van der Waals surface area contributed by atoms with Gasteiger partial charge in [0.25, 0.3) is 0 Å². The molecule has 0 aliphatic carbocycles. The van der Waals surface area contributed by atoms with Crippen LogP contribution in [0.5, 0.6) is 5.75 Å². The second-order valence-electron chi connectivity index (χ2n) is 3.18. The number of ether oxygens (including phenoxy) is 2. The molecular weight excluding hydrogens is 197 g/mol. The molecular formula is C11H16FNO2. The topological polar surface area (TPSA) is 30.5 Å². The highest BCUT2D eigenvalue weighted by Gasteiger charge is 2.12. The lowest BCUT2D eigenvalue weighted by molar-refractivity contribution is 0.104. The summed E-state index contributed by atoms with van der Waals surface area (Å²) in [6.07, 6.45) is -0.0931. The van der Waals surface area contributed by atoms with E-state index in [2.05, 4.69) is 5.32 Å². The number of hydrogen-bond donors (Lipinski definition) is 1. The van der Waals surface area contributed by atoms with E-state index in [1.165, 1.54) is 13.2 Å². The lowest BCUT2D eigenvalue weighted by Crippen LogP contribution is -2.18. The first-order chi connectivity index (χ1) is 7.22. The molecule has 0 aliphatic heterocycles. The van der Waals surface area contributed by atoms with Crippen LogP contribution >= 0.6 is 0 Å². The molecule has 0 fully saturated rings. The van der Waals surface area contributed by atoms with Gasteiger partial charge in [-0.2, -0.15) is 0 Å². The molecule has 0 saturated heterocycles. The van der Waals surface area contributed by atoms with E-state index in [-0.39, 0.29) is 17.7 Å². The molecule has 3 nitrogen and oxygen atoms in total. The number of rotatable bonds is 5. The highest BCUT2D eigenvalue weighted by Crippen LogP contribution is 2.23. The molecule has 1 unspecified atom stereocenters. The van der Waals surface area contributed by atoms with Crippen LogP contribution in [-0.2, 0) is 4.74 Å². The molecule has 0 bridgehead atoms. The Balaban J connectivity index is 2.92. The zero-order valence-corrected chi connectivity index (χ0v) is 9.21. The van der Waals surface area contributed by atoms with E-state index in [0.29, 0.717) is 6.54 Å². The molecule has 84 valence electrons. The molecule has 0 aromatic heterocycles. The molecule has 1 aromatic rings. The summed E-state index contributed by atoms with van der Waals surface area (Å²) in [4.78, 5) is 0. The van der Waals surface area contributed by atoms with Gasteiger partial charge in [-0.1, -0.05) is 6.07 Å². The highest BCUT2D eigenvalue weighted by molar-refractivity contribution is 5.31. The maximum atomic E-state index is 13.1. The Hall–Kier alpha value is -1.13. The van der Waals surface area contributed by atoms with Gasteiger partial charge in [0.2, 0.25) is 0 Å². The standard InChI is InChI=1S/C11H16FNO2/c1-13-7-11(15-3)8-4-5-9(12)10(6-8)14-2/h4-6,11,13H,7H2,1-3H3. The van der Waals surface area contributed by atoms with Crippen LogP contribution in [-0.4, -0.2) is 27.8 Å². The van der Waals surface area contributed by atoms with Crippen molar-refractivity contribution in [2.24, 2.45) is 0 Å². The Bertz CT molecular complexity index is 317. The van der Waals surface area contributed by atoms with Crippen LogP contribution in [0.4, 0.5) is 4.39 Å². The number of methoxy groups -OCH3 is 2. The Kier molecular flexibility index (Phi) is 4.52. The molecule has 0 spiro atoms. The van der Waals surface area contributed by atoms with Crippen molar-refractivity contribution < 1.29 is 13.9 Å². The van der Waals surface area contributed by atoms with E-state index < -0.39 is 0 Å². The highest BCUT2D eigenvalue weighted by atomic mass is 19.1. The van der Waals surface area contributed by atoms with Gasteiger partial charge in [-0.15, -0.1) is 0 Å². The van der Waals surface area contributed by atoms with Crippen molar-refractivity contribution in [2.45, 2.75) is 6.10 Å². The van der Waals surface area contributed by atoms with E-state index in [4.69, 9.17) is 9.47 Å². The van der Waals surface area contributed by atoms with Gasteiger partial charge in [-0.05, 0) is 24.7 Å². The van der Waals surface area contributed by atoms with E-state index in [1.807, 2.05) is 7.05 Å². The minimum Gasteiger partial charge on any atom is -0.494 e. The van der Waals surface area contributed by atoms with Crippen LogP contribution < -0.4 is 10.1 Å². The SMILES string of the molecule is CNCC(OC)c1ccc(F)c(OC)c1. The van der Waals surface area contributed by atoms with Gasteiger partial charge in [0, 0.05) is 13.7 Å². The summed E-state index contributed by atoms with van der Waals surface area (Å²) in [7, 11) is 4.91. The van der Waals surface area contributed by atoms with Crippen molar-refractivity contribution in [3.63, 3.8) is 0 Å². The second-order valence-corrected chi connectivity index (χ2v) is 3.18. The molecule has 0 saturated carbocycles. The molecule has 0 aliphatic rings. The van der Waals surface area contributed by atoms with E-state index in [1.54, 1.807) is 19.2 Å². The number of halogens is 1. The normalized spacial score (nSPS) is 12.5. The molecule has 15 heavy (non-hydrogen) atoms. The summed E-state index contributed by atoms with van der Waals surface area (Å²) in [5.41, 5.74) is 0.894. The third kappa shape index (κ3) is 2.91. The third-order valence-electron chi connectivity index (χ3n) is 2.22. The molecule has 1 aromatic carbocycles. The minimum absolute atomic E-state index is 0.0931. The van der Waals surface area contributed by atoms with Crippen molar-refractivity contribution in [3.05, 3.63) is 29.6 Å². The van der Waals surface area contributed by atoms with Crippen LogP contribution in [0, 0.1) is 5.82 Å². The summed E-state index contributed by atoms with van der Waals surface area (Å²) >= 11 is 0. The fourth-order valence-electron chi connectivity index (χ4n) is 1.40. The quantitative estimate of drug-likeness (QED) is 0.808. The molecule has 4 heteroatoms. The zero-order chi connectivity index (χ0) is 11.3. The first kappa shape index (κ1) is 11.9. The second kappa shape index (κ2) is 5.68. The smallest absolute Gasteiger partial charge is 0.165 e. The monoisotopic (exact) mass is 213 g/mol. The number of likely N-dealkylation sites (N-methyl/N-ethyl adjacent to an activating group) is 1. The third-order valence-corrected chi connectivity index (χ3v) is 2.22. The number of benzene rings is 1. The van der Waals surface area contributed by atoms with Crippen molar-refractivity contribution in [1.82, 2.24) is 5.32 Å². The van der Waals surface area contributed by atoms with Gasteiger partial charge < -0.3 is 14.8 Å². The average molecular weight is 213 g/mol. The largest absolute Gasteiger partial charge is 0.494 e. The molecule has 0 radical (unpaired) electrons. The lowest BCUT2D eigenvalue weighted by atomic mass is 10.1. The maximum Gasteiger partial charge on any atom is 0.165 e. The summed E-state index contributed by atoms with van der Waals surface area (Å²) in [5, 5.41) is 3.01. The zero-order valence-electron chi connectivity index (χ0n) is 9.21. The molecule has 0 heterocycles. The Morgan fingerprint density at radius 3 is 2.67 bits per heavy atom. The van der Waals surface area contributed by atoms with Gasteiger partial charge in [0.1, 0.15) is 0 Å². The lowest BCUT2D eigenvalue weighted by Gasteiger charge is -2.16. The van der Waals surface area contributed by atoms with E-state index in [9.17, 15) is 4.39 Å². The summed E-state index contributed by atoms with van der Waals surface area (Å²) < 4.78 is 23.3. The molecule has 1 rings (SSSR count). The van der Waals surface area contributed by atoms with Crippen LogP contribution in [0.2, 0.25) is 0 Å². The predicted octanol–water partition coefficient (Wildman–Crippen LogP) is 1.74. The van der Waals surface area contributed by atoms with Gasteiger partial charge in [-0.25, -0.2) is 4.39 Å². The Morgan fingerprint density at radius 2 is 2.13 bits per heavy atom. The maximum absolute atomic E-state index is 13.1. The summed E-state index contributed by atoms with van der Waals surface area (Å²) in [6.45, 7) is 0.672. The number of nitrogens with one attached hydrogen (secondary N) is 1. The van der Waals surface area contributed by atoms with E-state index in [0.717, 1.165) is 5.56 Å². The molecule has 0 amide bonds. The number of hydrogen-bond acceptors (Lipinski definition) is 3. The fraction of sp³-hybridized carbons (Fsp3) is 0.455. The van der Waals surface area contributed by atoms with Crippen molar-refractivity contribution in [1.29, 1.82) is 0 Å². The van der Waals surface area contributed by atoms with Crippen molar-refractivity contribution in [3.8, 4) is 5.75 Å². The van der Waals surface area contributed by atoms with Gasteiger partial charge in [-0.3, -0.25) is 0 Å². The van der Waals surface area contributed by atoms with Crippen LogP contribution in [0.15, 0.2) is 18.2 Å². The summed E-state index contributed by atoms with van der Waals surface area (Å²) in [5.74, 6) is -0.119. The van der Waals surface area contributed by atoms with Crippen molar-refractivity contribution >= 4 is 0 Å². The van der Waals surface area contributed by atoms with Gasteiger partial charge in [0.15, 0.2) is 11.6 Å². The van der Waals surface area contributed by atoms with Crippen molar-refractivity contribution in [2.75, 3.05) is 27.8 Å². The average Bonchev–Trinajstić information content (AvgIpc) is 2.27. The fourth-order valence-corrected chi connectivity index (χ4v) is 1.40. The minimum atomic E-state index is -0.361. The molecule has 1 atom stereocenters. The first-order valence-corrected chi connectivity index (χ1v) is 4.73. The first-order valence-electron chi connectivity index (χ1n) is 4.73. The summed E-state index contributed by atoms with van der Waals surface area (Å²) in [6, 6.07) is 4.74.